The molecule has 1 fully saturated rings. The van der Waals surface area contributed by atoms with Gasteiger partial charge in [0.1, 0.15) is 11.8 Å². The highest BCUT2D eigenvalue weighted by Gasteiger charge is 2.31. The Labute approximate surface area is 224 Å². The third-order valence-electron chi connectivity index (χ3n) is 5.78. The fourth-order valence-electron chi connectivity index (χ4n) is 3.82. The number of carbonyl (C=O) groups is 4. The van der Waals surface area contributed by atoms with Gasteiger partial charge in [-0.3, -0.25) is 19.7 Å². The van der Waals surface area contributed by atoms with E-state index in [-0.39, 0.29) is 30.1 Å². The van der Waals surface area contributed by atoms with Crippen LogP contribution in [0.15, 0.2) is 48.9 Å². The van der Waals surface area contributed by atoms with Gasteiger partial charge in [0.25, 0.3) is 5.24 Å². The molecule has 0 spiro atoms. The average molecular weight is 560 g/mol. The first-order valence-electron chi connectivity index (χ1n) is 11.6. The van der Waals surface area contributed by atoms with Crippen LogP contribution in [0.2, 0.25) is 0 Å². The molecular formula is C25H23F2N5O6S. The van der Waals surface area contributed by atoms with Crippen LogP contribution in [0.3, 0.4) is 0 Å². The van der Waals surface area contributed by atoms with Crippen LogP contribution in [-0.4, -0.2) is 55.4 Å². The second kappa shape index (κ2) is 12.0. The minimum absolute atomic E-state index is 0.0237. The summed E-state index contributed by atoms with van der Waals surface area (Å²) >= 11 is 0.892. The Morgan fingerprint density at radius 2 is 1.82 bits per heavy atom. The number of halogens is 2. The SMILES string of the molecule is NC(Cc1cnc[nH]1)C(=O)NC(Cc1cc(F)c(Oc2ccc(CC3SC(=O)NC3=O)cc2)c(F)c1)C(=O)O. The van der Waals surface area contributed by atoms with Gasteiger partial charge in [-0.15, -0.1) is 0 Å². The summed E-state index contributed by atoms with van der Waals surface area (Å²) in [5.41, 5.74) is 7.10. The number of imide groups is 1. The first kappa shape index (κ1) is 27.7. The van der Waals surface area contributed by atoms with Gasteiger partial charge in [-0.2, -0.15) is 0 Å². The molecule has 1 saturated heterocycles. The Bertz CT molecular complexity index is 1360. The van der Waals surface area contributed by atoms with Gasteiger partial charge < -0.3 is 25.9 Å². The molecule has 3 amide bonds. The smallest absolute Gasteiger partial charge is 0.326 e. The van der Waals surface area contributed by atoms with Gasteiger partial charge in [0.2, 0.25) is 11.8 Å². The summed E-state index contributed by atoms with van der Waals surface area (Å²) in [5.74, 6) is -5.25. The number of benzene rings is 2. The van der Waals surface area contributed by atoms with Crippen molar-refractivity contribution in [3.8, 4) is 11.5 Å². The second-order valence-electron chi connectivity index (χ2n) is 8.71. The van der Waals surface area contributed by atoms with Crippen molar-refractivity contribution in [2.24, 2.45) is 5.73 Å². The minimum Gasteiger partial charge on any atom is -0.480 e. The second-order valence-corrected chi connectivity index (χ2v) is 9.89. The van der Waals surface area contributed by atoms with Gasteiger partial charge in [0.15, 0.2) is 17.4 Å². The standard InChI is InChI=1S/C25H23F2N5O6S/c26-16-5-13(7-19(24(35)36)31-22(33)18(28)9-14-10-29-11-30-14)6-17(27)21(16)38-15-3-1-12(2-4-15)8-20-23(34)32-25(37)39-20/h1-6,10-11,18-20H,7-9,28H2,(H,29,30)(H,31,33)(H,35,36)(H,32,34,37). The number of thioether (sulfide) groups is 1. The molecule has 1 aliphatic heterocycles. The van der Waals surface area contributed by atoms with Crippen LogP contribution in [0.1, 0.15) is 16.8 Å². The molecule has 1 aromatic heterocycles. The van der Waals surface area contributed by atoms with Crippen LogP contribution in [0, 0.1) is 11.6 Å². The zero-order chi connectivity index (χ0) is 28.1. The number of aromatic nitrogens is 2. The number of imidazole rings is 1. The van der Waals surface area contributed by atoms with E-state index in [4.69, 9.17) is 10.5 Å². The number of aromatic amines is 1. The quantitative estimate of drug-likeness (QED) is 0.235. The molecular weight excluding hydrogens is 536 g/mol. The lowest BCUT2D eigenvalue weighted by atomic mass is 10.0. The first-order valence-corrected chi connectivity index (χ1v) is 12.5. The lowest BCUT2D eigenvalue weighted by molar-refractivity contribution is -0.142. The van der Waals surface area contributed by atoms with Gasteiger partial charge in [0, 0.05) is 24.7 Å². The van der Waals surface area contributed by atoms with E-state index in [9.17, 15) is 33.1 Å². The molecule has 2 aromatic carbocycles. The van der Waals surface area contributed by atoms with Gasteiger partial charge >= 0.3 is 5.97 Å². The number of rotatable bonds is 11. The number of aliphatic carboxylic acids is 1. The van der Waals surface area contributed by atoms with Crippen molar-refractivity contribution in [1.82, 2.24) is 20.6 Å². The maximum absolute atomic E-state index is 14.8. The number of carboxylic acids is 1. The summed E-state index contributed by atoms with van der Waals surface area (Å²) < 4.78 is 34.9. The topological polar surface area (TPSA) is 176 Å². The van der Waals surface area contributed by atoms with E-state index in [1.807, 2.05) is 0 Å². The van der Waals surface area contributed by atoms with Crippen molar-refractivity contribution < 1.29 is 37.8 Å². The highest BCUT2D eigenvalue weighted by atomic mass is 32.2. The molecule has 11 nitrogen and oxygen atoms in total. The molecule has 1 aliphatic rings. The largest absolute Gasteiger partial charge is 0.480 e. The lowest BCUT2D eigenvalue weighted by Gasteiger charge is -2.18. The summed E-state index contributed by atoms with van der Waals surface area (Å²) in [6.07, 6.45) is 2.85. The predicted octanol–water partition coefficient (Wildman–Crippen LogP) is 2.06. The number of carboxylic acid groups (broad SMARTS) is 1. The average Bonchev–Trinajstić information content (AvgIpc) is 3.50. The molecule has 0 aliphatic carbocycles. The fraction of sp³-hybridized carbons (Fsp3) is 0.240. The van der Waals surface area contributed by atoms with Crippen molar-refractivity contribution in [2.75, 3.05) is 0 Å². The molecule has 39 heavy (non-hydrogen) atoms. The van der Waals surface area contributed by atoms with Crippen molar-refractivity contribution in [1.29, 1.82) is 0 Å². The monoisotopic (exact) mass is 559 g/mol. The molecule has 0 bridgehead atoms. The molecule has 6 N–H and O–H groups in total. The van der Waals surface area contributed by atoms with E-state index in [1.165, 1.54) is 24.7 Å². The summed E-state index contributed by atoms with van der Waals surface area (Å²) in [7, 11) is 0. The van der Waals surface area contributed by atoms with Gasteiger partial charge in [-0.05, 0) is 41.8 Å². The molecule has 14 heteroatoms. The zero-order valence-electron chi connectivity index (χ0n) is 20.1. The minimum atomic E-state index is -1.49. The van der Waals surface area contributed by atoms with Crippen molar-refractivity contribution in [2.45, 2.75) is 36.6 Å². The van der Waals surface area contributed by atoms with E-state index in [0.29, 0.717) is 11.3 Å². The summed E-state index contributed by atoms with van der Waals surface area (Å²) in [6.45, 7) is 0. The zero-order valence-corrected chi connectivity index (χ0v) is 21.0. The van der Waals surface area contributed by atoms with Crippen LogP contribution < -0.4 is 21.1 Å². The lowest BCUT2D eigenvalue weighted by Crippen LogP contribution is -2.50. The van der Waals surface area contributed by atoms with E-state index in [2.05, 4.69) is 20.6 Å². The third-order valence-corrected chi connectivity index (χ3v) is 6.76. The van der Waals surface area contributed by atoms with Gasteiger partial charge in [0.05, 0.1) is 17.6 Å². The number of carbonyl (C=O) groups excluding carboxylic acids is 3. The molecule has 0 radical (unpaired) electrons. The highest BCUT2D eigenvalue weighted by Crippen LogP contribution is 2.30. The number of ether oxygens (including phenoxy) is 1. The van der Waals surface area contributed by atoms with Crippen LogP contribution in [0.25, 0.3) is 0 Å². The van der Waals surface area contributed by atoms with Gasteiger partial charge in [-0.25, -0.2) is 18.6 Å². The van der Waals surface area contributed by atoms with Crippen molar-refractivity contribution in [3.63, 3.8) is 0 Å². The van der Waals surface area contributed by atoms with Crippen LogP contribution in [0.4, 0.5) is 13.6 Å². The Balaban J connectivity index is 1.38. The fourth-order valence-corrected chi connectivity index (χ4v) is 4.68. The van der Waals surface area contributed by atoms with Crippen molar-refractivity contribution >= 4 is 34.8 Å². The van der Waals surface area contributed by atoms with Crippen LogP contribution >= 0.6 is 11.8 Å². The Morgan fingerprint density at radius 3 is 2.38 bits per heavy atom. The number of nitrogens with one attached hydrogen (secondary N) is 3. The number of nitrogens with zero attached hydrogens (tertiary/aromatic N) is 1. The number of hydrogen-bond acceptors (Lipinski definition) is 8. The summed E-state index contributed by atoms with van der Waals surface area (Å²) in [6, 6.07) is 5.42. The Morgan fingerprint density at radius 1 is 1.13 bits per heavy atom. The van der Waals surface area contributed by atoms with Crippen molar-refractivity contribution in [3.05, 3.63) is 77.4 Å². The maximum Gasteiger partial charge on any atom is 0.326 e. The van der Waals surface area contributed by atoms with Gasteiger partial charge in [-0.1, -0.05) is 23.9 Å². The van der Waals surface area contributed by atoms with Crippen LogP contribution in [-0.2, 0) is 33.6 Å². The summed E-state index contributed by atoms with van der Waals surface area (Å²) in [4.78, 5) is 53.7. The number of nitrogens with two attached hydrogens (primary N) is 1. The molecule has 204 valence electrons. The first-order chi connectivity index (χ1) is 18.6. The molecule has 3 aromatic rings. The number of hydrogen-bond donors (Lipinski definition) is 5. The Hall–Kier alpha value is -4.30. The predicted molar refractivity (Wildman–Crippen MR) is 135 cm³/mol. The number of amides is 3. The maximum atomic E-state index is 14.8. The van der Waals surface area contributed by atoms with Crippen LogP contribution in [0.5, 0.6) is 11.5 Å². The third kappa shape index (κ3) is 7.18. The molecule has 4 rings (SSSR count). The van der Waals surface area contributed by atoms with E-state index >= 15 is 0 Å². The molecule has 2 heterocycles. The Kier molecular flexibility index (Phi) is 8.56. The molecule has 3 atom stereocenters. The highest BCUT2D eigenvalue weighted by molar-refractivity contribution is 8.15. The van der Waals surface area contributed by atoms with E-state index in [0.717, 1.165) is 23.9 Å². The molecule has 3 unspecified atom stereocenters. The summed E-state index contributed by atoms with van der Waals surface area (Å²) in [5, 5.41) is 13.0. The molecule has 0 saturated carbocycles. The normalized spacial score (nSPS) is 16.4. The number of H-pyrrole nitrogens is 1. The van der Waals surface area contributed by atoms with E-state index < -0.39 is 58.3 Å². The van der Waals surface area contributed by atoms with E-state index in [1.54, 1.807) is 12.1 Å².